The molecule has 0 N–H and O–H groups in total. The Morgan fingerprint density at radius 1 is 1.79 bits per heavy atom. The lowest BCUT2D eigenvalue weighted by molar-refractivity contribution is -0.143. The van der Waals surface area contributed by atoms with E-state index in [0.717, 1.165) is 18.8 Å². The summed E-state index contributed by atoms with van der Waals surface area (Å²) < 4.78 is 7.02. The topological polar surface area (TPSA) is 44.1 Å². The van der Waals surface area contributed by atoms with Crippen LogP contribution in [-0.4, -0.2) is 22.1 Å². The molecule has 4 heteroatoms. The van der Waals surface area contributed by atoms with E-state index in [1.165, 1.54) is 0 Å². The summed E-state index contributed by atoms with van der Waals surface area (Å²) in [5.74, 6) is 1.16. The number of rotatable bonds is 3. The van der Waals surface area contributed by atoms with Crippen LogP contribution >= 0.6 is 0 Å². The van der Waals surface area contributed by atoms with Gasteiger partial charge in [0.15, 0.2) is 0 Å². The maximum Gasteiger partial charge on any atom is 0.306 e. The van der Waals surface area contributed by atoms with Crippen LogP contribution in [0.15, 0.2) is 12.4 Å². The minimum atomic E-state index is -0.117. The molecule has 0 radical (unpaired) electrons. The van der Waals surface area contributed by atoms with E-state index in [-0.39, 0.29) is 11.9 Å². The second-order valence-corrected chi connectivity index (χ2v) is 3.47. The van der Waals surface area contributed by atoms with Crippen molar-refractivity contribution in [3.63, 3.8) is 0 Å². The molecule has 1 atom stereocenters. The summed E-state index contributed by atoms with van der Waals surface area (Å²) in [6, 6.07) is 0. The number of nitrogens with zero attached hydrogens (tertiary/aromatic N) is 2. The van der Waals surface area contributed by atoms with Gasteiger partial charge >= 0.3 is 5.97 Å². The second kappa shape index (κ2) is 3.82. The summed E-state index contributed by atoms with van der Waals surface area (Å²) in [4.78, 5) is 15.5. The lowest BCUT2D eigenvalue weighted by atomic mass is 10.0. The Kier molecular flexibility index (Phi) is 2.52. The Morgan fingerprint density at radius 2 is 2.64 bits per heavy atom. The van der Waals surface area contributed by atoms with Crippen molar-refractivity contribution < 1.29 is 9.53 Å². The number of aryl methyl sites for hydroxylation is 1. The van der Waals surface area contributed by atoms with E-state index in [1.807, 2.05) is 13.1 Å². The van der Waals surface area contributed by atoms with Gasteiger partial charge in [0.05, 0.1) is 13.0 Å². The van der Waals surface area contributed by atoms with Crippen LogP contribution in [0.25, 0.3) is 0 Å². The van der Waals surface area contributed by atoms with Gasteiger partial charge in [-0.3, -0.25) is 4.79 Å². The Labute approximate surface area is 82.9 Å². The normalized spacial score (nSPS) is 19.4. The first-order valence-electron chi connectivity index (χ1n) is 4.98. The molecule has 0 saturated carbocycles. The first-order chi connectivity index (χ1) is 6.81. The van der Waals surface area contributed by atoms with Gasteiger partial charge in [-0.05, 0) is 13.3 Å². The largest absolute Gasteiger partial charge is 0.466 e. The van der Waals surface area contributed by atoms with Gasteiger partial charge in [0.25, 0.3) is 0 Å². The Balaban J connectivity index is 1.98. The minimum absolute atomic E-state index is 0.117. The van der Waals surface area contributed by atoms with Gasteiger partial charge in [0.1, 0.15) is 5.82 Å². The highest BCUT2D eigenvalue weighted by molar-refractivity contribution is 5.70. The zero-order valence-electron chi connectivity index (χ0n) is 8.27. The summed E-state index contributed by atoms with van der Waals surface area (Å²) >= 11 is 0. The van der Waals surface area contributed by atoms with Gasteiger partial charge in [0.2, 0.25) is 0 Å². The molecule has 14 heavy (non-hydrogen) atoms. The molecule has 0 aliphatic carbocycles. The third-order valence-corrected chi connectivity index (χ3v) is 2.55. The first-order valence-corrected chi connectivity index (χ1v) is 4.98. The van der Waals surface area contributed by atoms with Crippen molar-refractivity contribution in [2.24, 2.45) is 0 Å². The van der Waals surface area contributed by atoms with E-state index < -0.39 is 0 Å². The number of ether oxygens (including phenoxy) is 1. The Hall–Kier alpha value is -1.32. The number of imidazole rings is 1. The quantitative estimate of drug-likeness (QED) is 0.682. The van der Waals surface area contributed by atoms with Crippen LogP contribution in [0.1, 0.15) is 31.5 Å². The lowest BCUT2D eigenvalue weighted by Gasteiger charge is -2.06. The van der Waals surface area contributed by atoms with E-state index in [2.05, 4.69) is 9.55 Å². The van der Waals surface area contributed by atoms with Gasteiger partial charge in [-0.15, -0.1) is 0 Å². The SMILES string of the molecule is CCOC(=O)CC1CCn2ccnc21. The van der Waals surface area contributed by atoms with Crippen molar-refractivity contribution in [2.45, 2.75) is 32.2 Å². The summed E-state index contributed by atoms with van der Waals surface area (Å²) in [5.41, 5.74) is 0. The summed E-state index contributed by atoms with van der Waals surface area (Å²) in [6.45, 7) is 3.26. The molecular weight excluding hydrogens is 180 g/mol. The fourth-order valence-electron chi connectivity index (χ4n) is 1.91. The molecule has 1 aromatic rings. The van der Waals surface area contributed by atoms with Crippen molar-refractivity contribution in [3.8, 4) is 0 Å². The van der Waals surface area contributed by atoms with Gasteiger partial charge in [-0.2, -0.15) is 0 Å². The van der Waals surface area contributed by atoms with Crippen molar-refractivity contribution in [1.82, 2.24) is 9.55 Å². The number of hydrogen-bond donors (Lipinski definition) is 0. The second-order valence-electron chi connectivity index (χ2n) is 3.47. The third kappa shape index (κ3) is 1.64. The molecule has 76 valence electrons. The standard InChI is InChI=1S/C10H14N2O2/c1-2-14-9(13)7-8-3-5-12-6-4-11-10(8)12/h4,6,8H,2-3,5,7H2,1H3. The molecule has 0 aromatic carbocycles. The van der Waals surface area contributed by atoms with E-state index in [1.54, 1.807) is 6.20 Å². The molecule has 2 heterocycles. The van der Waals surface area contributed by atoms with Crippen molar-refractivity contribution >= 4 is 5.97 Å². The molecule has 4 nitrogen and oxygen atoms in total. The first kappa shape index (κ1) is 9.24. The molecule has 0 amide bonds. The Morgan fingerprint density at radius 3 is 3.43 bits per heavy atom. The predicted octanol–water partition coefficient (Wildman–Crippen LogP) is 1.32. The lowest BCUT2D eigenvalue weighted by Crippen LogP contribution is -2.09. The molecule has 0 bridgehead atoms. The molecule has 1 unspecified atom stereocenters. The van der Waals surface area contributed by atoms with Crippen LogP contribution in [-0.2, 0) is 16.1 Å². The molecule has 1 aliphatic heterocycles. The van der Waals surface area contributed by atoms with Crippen LogP contribution in [0.3, 0.4) is 0 Å². The summed E-state index contributed by atoms with van der Waals surface area (Å²) in [7, 11) is 0. The van der Waals surface area contributed by atoms with E-state index in [0.29, 0.717) is 13.0 Å². The van der Waals surface area contributed by atoms with Crippen LogP contribution in [0.4, 0.5) is 0 Å². The number of carbonyl (C=O) groups excluding carboxylic acids is 1. The monoisotopic (exact) mass is 194 g/mol. The zero-order valence-corrected chi connectivity index (χ0v) is 8.27. The van der Waals surface area contributed by atoms with Crippen LogP contribution in [0.5, 0.6) is 0 Å². The average molecular weight is 194 g/mol. The summed E-state index contributed by atoms with van der Waals surface area (Å²) in [5, 5.41) is 0. The van der Waals surface area contributed by atoms with Crippen molar-refractivity contribution in [3.05, 3.63) is 18.2 Å². The highest BCUT2D eigenvalue weighted by atomic mass is 16.5. The number of hydrogen-bond acceptors (Lipinski definition) is 3. The minimum Gasteiger partial charge on any atom is -0.466 e. The van der Waals surface area contributed by atoms with Gasteiger partial charge < -0.3 is 9.30 Å². The van der Waals surface area contributed by atoms with Crippen LogP contribution in [0.2, 0.25) is 0 Å². The van der Waals surface area contributed by atoms with Crippen molar-refractivity contribution in [2.75, 3.05) is 6.61 Å². The zero-order chi connectivity index (χ0) is 9.97. The molecule has 2 rings (SSSR count). The fraction of sp³-hybridized carbons (Fsp3) is 0.600. The number of aromatic nitrogens is 2. The van der Waals surface area contributed by atoms with E-state index in [9.17, 15) is 4.79 Å². The maximum atomic E-state index is 11.3. The van der Waals surface area contributed by atoms with Crippen LogP contribution in [0, 0.1) is 0 Å². The highest BCUT2D eigenvalue weighted by Gasteiger charge is 2.26. The van der Waals surface area contributed by atoms with Gasteiger partial charge in [-0.1, -0.05) is 0 Å². The highest BCUT2D eigenvalue weighted by Crippen LogP contribution is 2.29. The smallest absolute Gasteiger partial charge is 0.306 e. The molecule has 1 aromatic heterocycles. The van der Waals surface area contributed by atoms with E-state index >= 15 is 0 Å². The number of fused-ring (bicyclic) bond motifs is 1. The predicted molar refractivity (Wildman–Crippen MR) is 50.8 cm³/mol. The molecule has 0 saturated heterocycles. The molecule has 0 spiro atoms. The maximum absolute atomic E-state index is 11.3. The molecular formula is C10H14N2O2. The molecule has 0 fully saturated rings. The fourth-order valence-corrected chi connectivity index (χ4v) is 1.91. The van der Waals surface area contributed by atoms with Gasteiger partial charge in [-0.25, -0.2) is 4.98 Å². The van der Waals surface area contributed by atoms with E-state index in [4.69, 9.17) is 4.74 Å². The molecule has 1 aliphatic rings. The van der Waals surface area contributed by atoms with Crippen LogP contribution < -0.4 is 0 Å². The Bertz CT molecular complexity index is 333. The summed E-state index contributed by atoms with van der Waals surface area (Å²) in [6.07, 6.45) is 5.21. The third-order valence-electron chi connectivity index (χ3n) is 2.55. The number of carbonyl (C=O) groups is 1. The van der Waals surface area contributed by atoms with Crippen molar-refractivity contribution in [1.29, 1.82) is 0 Å². The average Bonchev–Trinajstić information content (AvgIpc) is 2.70. The number of esters is 1. The van der Waals surface area contributed by atoms with Gasteiger partial charge in [0, 0.05) is 24.9 Å².